The first-order valence-electron chi connectivity index (χ1n) is 3.02. The molecule has 0 aliphatic rings. The second-order valence-corrected chi connectivity index (χ2v) is 3.66. The van der Waals surface area contributed by atoms with Crippen LogP contribution in [0.4, 0.5) is 0 Å². The molecule has 0 bridgehead atoms. The molecule has 0 saturated heterocycles. The van der Waals surface area contributed by atoms with Crippen LogP contribution in [0.15, 0.2) is 0 Å². The maximum absolute atomic E-state index is 8.56. The zero-order valence-corrected chi connectivity index (χ0v) is 8.38. The van der Waals surface area contributed by atoms with Crippen LogP contribution in [0.5, 0.6) is 0 Å². The molecule has 0 radical (unpaired) electrons. The number of aliphatic hydroxyl groups excluding tert-OH is 1. The maximum atomic E-state index is 8.56. The van der Waals surface area contributed by atoms with Crippen LogP contribution < -0.4 is 4.03 Å². The van der Waals surface area contributed by atoms with E-state index in [2.05, 4.69) is 21.1 Å². The van der Waals surface area contributed by atoms with Gasteiger partial charge in [-0.1, -0.05) is 0 Å². The van der Waals surface area contributed by atoms with Crippen molar-refractivity contribution in [1.29, 1.82) is 0 Å². The molecule has 6 heteroatoms. The third-order valence-corrected chi connectivity index (χ3v) is 0.771. The summed E-state index contributed by atoms with van der Waals surface area (Å²) in [6.45, 7) is 1.11. The third-order valence-electron chi connectivity index (χ3n) is 0.771. The molecule has 0 atom stereocenters. The number of likely N-dealkylation sites (N-methyl/N-ethyl adjacent to an activating group) is 1. The summed E-state index contributed by atoms with van der Waals surface area (Å²) in [5.74, 6) is 0. The van der Waals surface area contributed by atoms with Gasteiger partial charge in [-0.25, -0.2) is 0 Å². The molecule has 0 spiro atoms. The number of aliphatic hydroxyl groups is 1. The van der Waals surface area contributed by atoms with Crippen LogP contribution >= 0.6 is 0 Å². The van der Waals surface area contributed by atoms with E-state index in [1.165, 1.54) is 0 Å². The standard InChI is InChI=1S/C5H14NO.3O.V/c1-6(2,3)4-5-7;;;;/h7H,4-5H2,1-3H3;;;;/q+1;;;-1;. The van der Waals surface area contributed by atoms with Gasteiger partial charge in [0.1, 0.15) is 6.54 Å². The van der Waals surface area contributed by atoms with E-state index in [9.17, 15) is 0 Å². The van der Waals surface area contributed by atoms with Crippen LogP contribution in [0.25, 0.3) is 0 Å². The molecule has 11 heavy (non-hydrogen) atoms. The van der Waals surface area contributed by atoms with Crippen molar-refractivity contribution in [2.24, 2.45) is 0 Å². The fourth-order valence-electron chi connectivity index (χ4n) is 0.300. The van der Waals surface area contributed by atoms with E-state index in [0.29, 0.717) is 0 Å². The van der Waals surface area contributed by atoms with Gasteiger partial charge in [0.05, 0.1) is 27.7 Å². The second-order valence-electron chi connectivity index (χ2n) is 2.96. The Morgan fingerprint density at radius 1 is 1.36 bits per heavy atom. The summed E-state index contributed by atoms with van der Waals surface area (Å²) in [5, 5.41) is 8.39. The number of hydrogen-bond acceptors (Lipinski definition) is 4. The minimum atomic E-state index is -3.94. The van der Waals surface area contributed by atoms with E-state index < -0.39 is 15.4 Å². The zero-order valence-electron chi connectivity index (χ0n) is 6.98. The van der Waals surface area contributed by atoms with Crippen LogP contribution in [-0.4, -0.2) is 43.9 Å². The first-order valence-corrected chi connectivity index (χ1v) is 4.73. The van der Waals surface area contributed by atoms with E-state index in [1.807, 2.05) is 0 Å². The predicted octanol–water partition coefficient (Wildman–Crippen LogP) is -1.74. The van der Waals surface area contributed by atoms with Gasteiger partial charge in [0.2, 0.25) is 0 Å². The topological polar surface area (TPSA) is 77.4 Å². The summed E-state index contributed by atoms with van der Waals surface area (Å²) in [6, 6.07) is 0. The van der Waals surface area contributed by atoms with Gasteiger partial charge in [-0.2, -0.15) is 0 Å². The van der Waals surface area contributed by atoms with Crippen molar-refractivity contribution in [3.63, 3.8) is 0 Å². The molecule has 0 rings (SSSR count). The van der Waals surface area contributed by atoms with E-state index in [0.717, 1.165) is 11.0 Å². The summed E-state index contributed by atoms with van der Waals surface area (Å²) in [7, 11) is 6.16. The van der Waals surface area contributed by atoms with Gasteiger partial charge >= 0.3 is 26.8 Å². The Labute approximate surface area is 71.2 Å². The normalized spacial score (nSPS) is 9.91. The van der Waals surface area contributed by atoms with E-state index >= 15 is 0 Å². The van der Waals surface area contributed by atoms with Crippen LogP contribution in [-0.2, 0) is 22.7 Å². The SMILES string of the molecule is C[N+](C)(C)CCO.[O]=[V](=[O])[O-]. The van der Waals surface area contributed by atoms with E-state index in [1.54, 1.807) is 0 Å². The van der Waals surface area contributed by atoms with Crippen molar-refractivity contribution < 1.29 is 36.4 Å². The van der Waals surface area contributed by atoms with Crippen molar-refractivity contribution in [2.75, 3.05) is 34.3 Å². The van der Waals surface area contributed by atoms with Gasteiger partial charge in [0.15, 0.2) is 0 Å². The van der Waals surface area contributed by atoms with Gasteiger partial charge in [0.25, 0.3) is 0 Å². The first kappa shape index (κ1) is 13.6. The zero-order chi connectivity index (χ0) is 9.49. The molecule has 0 unspecified atom stereocenters. The van der Waals surface area contributed by atoms with Crippen LogP contribution in [0, 0.1) is 0 Å². The molecule has 0 saturated carbocycles. The first-order chi connectivity index (χ1) is 4.79. The summed E-state index contributed by atoms with van der Waals surface area (Å²) in [6.07, 6.45) is 0. The summed E-state index contributed by atoms with van der Waals surface area (Å²) < 4.78 is 26.5. The van der Waals surface area contributed by atoms with Crippen LogP contribution in [0.2, 0.25) is 0 Å². The van der Waals surface area contributed by atoms with Gasteiger partial charge in [-0.15, -0.1) is 0 Å². The molecule has 68 valence electrons. The summed E-state index contributed by atoms with van der Waals surface area (Å²) >= 11 is -3.94. The monoisotopic (exact) mass is 203 g/mol. The number of quaternary nitrogens is 1. The Kier molecular flexibility index (Phi) is 8.38. The molecule has 0 aliphatic heterocycles. The van der Waals surface area contributed by atoms with Crippen molar-refractivity contribution >= 4 is 0 Å². The fraction of sp³-hybridized carbons (Fsp3) is 1.00. The predicted molar refractivity (Wildman–Crippen MR) is 31.4 cm³/mol. The number of nitrogens with zero attached hydrogens (tertiary/aromatic N) is 1. The molecular weight excluding hydrogens is 189 g/mol. The molecule has 0 aliphatic carbocycles. The Hall–Kier alpha value is 0.0644. The molecule has 0 fully saturated rings. The average molecular weight is 203 g/mol. The Morgan fingerprint density at radius 3 is 1.64 bits per heavy atom. The molecule has 5 nitrogen and oxygen atoms in total. The van der Waals surface area contributed by atoms with Gasteiger partial charge in [0, 0.05) is 0 Å². The second kappa shape index (κ2) is 6.75. The molecule has 1 N–H and O–H groups in total. The Morgan fingerprint density at radius 2 is 1.64 bits per heavy atom. The summed E-state index contributed by atoms with van der Waals surface area (Å²) in [4.78, 5) is 0. The van der Waals surface area contributed by atoms with Gasteiger partial charge in [-0.3, -0.25) is 0 Å². The van der Waals surface area contributed by atoms with Crippen LogP contribution in [0.3, 0.4) is 0 Å². The molecule has 0 aromatic rings. The summed E-state index contributed by atoms with van der Waals surface area (Å²) in [5.41, 5.74) is 0. The van der Waals surface area contributed by atoms with Crippen molar-refractivity contribution in [1.82, 2.24) is 0 Å². The molecule has 0 aromatic carbocycles. The van der Waals surface area contributed by atoms with Gasteiger partial charge in [-0.05, 0) is 0 Å². The Balaban J connectivity index is 0. The molecule has 0 heterocycles. The molecule has 0 aromatic heterocycles. The van der Waals surface area contributed by atoms with Crippen molar-refractivity contribution in [3.05, 3.63) is 0 Å². The number of hydrogen-bond donors (Lipinski definition) is 1. The van der Waals surface area contributed by atoms with Crippen molar-refractivity contribution in [2.45, 2.75) is 0 Å². The molecule has 0 amide bonds. The Bertz CT molecular complexity index is 141. The minimum absolute atomic E-state index is 0.281. The fourth-order valence-corrected chi connectivity index (χ4v) is 0.300. The molecular formula is C5H14NO4V. The van der Waals surface area contributed by atoms with E-state index in [4.69, 9.17) is 16.5 Å². The third kappa shape index (κ3) is 39.6. The average Bonchev–Trinajstić information content (AvgIpc) is 1.58. The van der Waals surface area contributed by atoms with Crippen molar-refractivity contribution in [3.8, 4) is 0 Å². The quantitative estimate of drug-likeness (QED) is 0.540. The van der Waals surface area contributed by atoms with Crippen LogP contribution in [0.1, 0.15) is 0 Å². The number of rotatable bonds is 2. The van der Waals surface area contributed by atoms with Gasteiger partial charge < -0.3 is 9.59 Å². The van der Waals surface area contributed by atoms with E-state index in [-0.39, 0.29) is 6.61 Å².